The van der Waals surface area contributed by atoms with E-state index in [-0.39, 0.29) is 11.7 Å². The van der Waals surface area contributed by atoms with Gasteiger partial charge < -0.3 is 20.2 Å². The highest BCUT2D eigenvalue weighted by Crippen LogP contribution is 2.25. The van der Waals surface area contributed by atoms with Crippen LogP contribution in [0.4, 0.5) is 11.4 Å². The molecule has 3 rings (SSSR count). The zero-order valence-corrected chi connectivity index (χ0v) is 11.4. The topological polar surface area (TPSA) is 77.5 Å². The Hall–Kier alpha value is -2.95. The van der Waals surface area contributed by atoms with E-state index < -0.39 is 0 Å². The van der Waals surface area contributed by atoms with E-state index in [1.54, 1.807) is 31.4 Å². The van der Waals surface area contributed by atoms with Crippen LogP contribution in [0.1, 0.15) is 10.6 Å². The summed E-state index contributed by atoms with van der Waals surface area (Å²) in [4.78, 5) is 12.2. The van der Waals surface area contributed by atoms with Crippen LogP contribution in [0.3, 0.4) is 0 Å². The fourth-order valence-corrected chi connectivity index (χ4v) is 2.06. The van der Waals surface area contributed by atoms with Crippen molar-refractivity contribution in [3.63, 3.8) is 0 Å². The highest BCUT2D eigenvalue weighted by Gasteiger charge is 2.13. The van der Waals surface area contributed by atoms with Crippen molar-refractivity contribution in [1.82, 2.24) is 0 Å². The number of para-hydroxylation sites is 1. The van der Waals surface area contributed by atoms with Crippen LogP contribution in [-0.2, 0) is 0 Å². The van der Waals surface area contributed by atoms with Crippen LogP contribution in [0.15, 0.2) is 52.9 Å². The Morgan fingerprint density at radius 2 is 2.00 bits per heavy atom. The lowest BCUT2D eigenvalue weighted by Crippen LogP contribution is -2.12. The third-order valence-electron chi connectivity index (χ3n) is 3.16. The van der Waals surface area contributed by atoms with Gasteiger partial charge in [-0.15, -0.1) is 0 Å². The van der Waals surface area contributed by atoms with Gasteiger partial charge in [-0.1, -0.05) is 18.2 Å². The number of furan rings is 1. The van der Waals surface area contributed by atoms with Gasteiger partial charge in [0.25, 0.3) is 5.91 Å². The summed E-state index contributed by atoms with van der Waals surface area (Å²) in [6.07, 6.45) is 0. The molecule has 0 unspecified atom stereocenters. The van der Waals surface area contributed by atoms with Crippen molar-refractivity contribution in [1.29, 1.82) is 0 Å². The first kappa shape index (κ1) is 13.1. The molecule has 0 saturated carbocycles. The van der Waals surface area contributed by atoms with Crippen LogP contribution < -0.4 is 15.8 Å². The normalized spacial score (nSPS) is 10.5. The van der Waals surface area contributed by atoms with E-state index in [0.717, 1.165) is 5.39 Å². The van der Waals surface area contributed by atoms with Crippen molar-refractivity contribution in [2.45, 2.75) is 0 Å². The standard InChI is InChI=1S/C16H14N2O3/c1-20-11-6-7-13(12(17)9-11)18-16(19)15-8-10-4-2-3-5-14(10)21-15/h2-9H,17H2,1H3,(H,18,19). The molecule has 0 aliphatic rings. The number of amides is 1. The summed E-state index contributed by atoms with van der Waals surface area (Å²) in [6, 6.07) is 14.2. The van der Waals surface area contributed by atoms with Gasteiger partial charge in [0.2, 0.25) is 0 Å². The van der Waals surface area contributed by atoms with Gasteiger partial charge in [-0.2, -0.15) is 0 Å². The van der Waals surface area contributed by atoms with E-state index in [0.29, 0.717) is 22.7 Å². The second kappa shape index (κ2) is 5.20. The number of nitrogens with two attached hydrogens (primary N) is 1. The first-order chi connectivity index (χ1) is 10.2. The molecule has 106 valence electrons. The van der Waals surface area contributed by atoms with Gasteiger partial charge in [0.15, 0.2) is 5.76 Å². The van der Waals surface area contributed by atoms with Gasteiger partial charge in [-0.3, -0.25) is 4.79 Å². The maximum absolute atomic E-state index is 12.2. The molecule has 5 nitrogen and oxygen atoms in total. The molecule has 1 amide bonds. The Labute approximate surface area is 121 Å². The van der Waals surface area contributed by atoms with Crippen LogP contribution in [0.25, 0.3) is 11.0 Å². The molecule has 21 heavy (non-hydrogen) atoms. The molecule has 0 aliphatic heterocycles. The molecule has 5 heteroatoms. The van der Waals surface area contributed by atoms with Gasteiger partial charge in [0.05, 0.1) is 18.5 Å². The number of anilines is 2. The maximum atomic E-state index is 12.2. The summed E-state index contributed by atoms with van der Waals surface area (Å²) in [5.41, 5.74) is 7.49. The van der Waals surface area contributed by atoms with E-state index in [1.165, 1.54) is 0 Å². The lowest BCUT2D eigenvalue weighted by molar-refractivity contribution is 0.0998. The molecule has 0 bridgehead atoms. The summed E-state index contributed by atoms with van der Waals surface area (Å²) in [5, 5.41) is 3.61. The SMILES string of the molecule is COc1ccc(NC(=O)c2cc3ccccc3o2)c(N)c1. The Morgan fingerprint density at radius 1 is 1.19 bits per heavy atom. The van der Waals surface area contributed by atoms with Crippen LogP contribution in [0.5, 0.6) is 5.75 Å². The van der Waals surface area contributed by atoms with Gasteiger partial charge in [0.1, 0.15) is 11.3 Å². The molecule has 0 atom stereocenters. The summed E-state index contributed by atoms with van der Waals surface area (Å²) in [6.45, 7) is 0. The summed E-state index contributed by atoms with van der Waals surface area (Å²) >= 11 is 0. The van der Waals surface area contributed by atoms with Crippen molar-refractivity contribution >= 4 is 28.3 Å². The largest absolute Gasteiger partial charge is 0.497 e. The minimum absolute atomic E-state index is 0.242. The number of hydrogen-bond donors (Lipinski definition) is 2. The molecule has 3 N–H and O–H groups in total. The first-order valence-corrected chi connectivity index (χ1v) is 6.41. The van der Waals surface area contributed by atoms with E-state index >= 15 is 0 Å². The Morgan fingerprint density at radius 3 is 2.71 bits per heavy atom. The van der Waals surface area contributed by atoms with Crippen LogP contribution >= 0.6 is 0 Å². The molecular formula is C16H14N2O3. The number of carbonyl (C=O) groups is 1. The number of ether oxygens (including phenoxy) is 1. The van der Waals surface area contributed by atoms with Crippen molar-refractivity contribution in [2.75, 3.05) is 18.2 Å². The minimum Gasteiger partial charge on any atom is -0.497 e. The Kier molecular flexibility index (Phi) is 3.23. The first-order valence-electron chi connectivity index (χ1n) is 6.41. The molecule has 1 aromatic heterocycles. The molecule has 1 heterocycles. The smallest absolute Gasteiger partial charge is 0.291 e. The number of nitrogen functional groups attached to an aromatic ring is 1. The summed E-state index contributed by atoms with van der Waals surface area (Å²) in [5.74, 6) is 0.531. The van der Waals surface area contributed by atoms with Gasteiger partial charge >= 0.3 is 0 Å². The second-order valence-corrected chi connectivity index (χ2v) is 4.56. The third kappa shape index (κ3) is 2.53. The van der Waals surface area contributed by atoms with Crippen molar-refractivity contribution in [3.05, 3.63) is 54.3 Å². The fraction of sp³-hybridized carbons (Fsp3) is 0.0625. The zero-order chi connectivity index (χ0) is 14.8. The number of benzene rings is 2. The van der Waals surface area contributed by atoms with E-state index in [1.807, 2.05) is 24.3 Å². The quantitative estimate of drug-likeness (QED) is 0.723. The molecule has 3 aromatic rings. The van der Waals surface area contributed by atoms with Crippen molar-refractivity contribution in [3.8, 4) is 5.75 Å². The van der Waals surface area contributed by atoms with E-state index in [4.69, 9.17) is 14.9 Å². The van der Waals surface area contributed by atoms with E-state index in [9.17, 15) is 4.79 Å². The fourth-order valence-electron chi connectivity index (χ4n) is 2.06. The van der Waals surface area contributed by atoms with Crippen LogP contribution in [-0.4, -0.2) is 13.0 Å². The number of methoxy groups -OCH3 is 1. The Bertz CT molecular complexity index is 775. The van der Waals surface area contributed by atoms with Gasteiger partial charge in [-0.05, 0) is 24.3 Å². The predicted molar refractivity (Wildman–Crippen MR) is 81.6 cm³/mol. The summed E-state index contributed by atoms with van der Waals surface area (Å²) in [7, 11) is 1.56. The molecule has 0 spiro atoms. The average molecular weight is 282 g/mol. The minimum atomic E-state index is -0.344. The molecular weight excluding hydrogens is 268 g/mol. The lowest BCUT2D eigenvalue weighted by Gasteiger charge is -2.08. The van der Waals surface area contributed by atoms with Gasteiger partial charge in [-0.25, -0.2) is 0 Å². The highest BCUT2D eigenvalue weighted by molar-refractivity contribution is 6.06. The van der Waals surface area contributed by atoms with Gasteiger partial charge in [0, 0.05) is 11.5 Å². The zero-order valence-electron chi connectivity index (χ0n) is 11.4. The molecule has 0 saturated heterocycles. The summed E-state index contributed by atoms with van der Waals surface area (Å²) < 4.78 is 10.6. The van der Waals surface area contributed by atoms with Crippen molar-refractivity contribution < 1.29 is 13.9 Å². The van der Waals surface area contributed by atoms with Crippen molar-refractivity contribution in [2.24, 2.45) is 0 Å². The number of carbonyl (C=O) groups excluding carboxylic acids is 1. The van der Waals surface area contributed by atoms with Crippen LogP contribution in [0, 0.1) is 0 Å². The highest BCUT2D eigenvalue weighted by atomic mass is 16.5. The average Bonchev–Trinajstić information content (AvgIpc) is 2.93. The third-order valence-corrected chi connectivity index (χ3v) is 3.16. The number of rotatable bonds is 3. The lowest BCUT2D eigenvalue weighted by atomic mass is 10.2. The Balaban J connectivity index is 1.85. The second-order valence-electron chi connectivity index (χ2n) is 4.56. The number of nitrogens with one attached hydrogen (secondary N) is 1. The monoisotopic (exact) mass is 282 g/mol. The molecule has 0 fully saturated rings. The number of hydrogen-bond acceptors (Lipinski definition) is 4. The molecule has 0 aliphatic carbocycles. The number of fused-ring (bicyclic) bond motifs is 1. The van der Waals surface area contributed by atoms with E-state index in [2.05, 4.69) is 5.32 Å². The van der Waals surface area contributed by atoms with Crippen LogP contribution in [0.2, 0.25) is 0 Å². The molecule has 0 radical (unpaired) electrons. The predicted octanol–water partition coefficient (Wildman–Crippen LogP) is 3.28. The maximum Gasteiger partial charge on any atom is 0.291 e. The molecule has 2 aromatic carbocycles.